The van der Waals surface area contributed by atoms with Gasteiger partial charge in [-0.3, -0.25) is 0 Å². The quantitative estimate of drug-likeness (QED) is 0.781. The molecule has 1 aromatic heterocycles. The summed E-state index contributed by atoms with van der Waals surface area (Å²) in [5, 5.41) is 0.653. The number of nitrogens with two attached hydrogens (primary N) is 1. The second-order valence-corrected chi connectivity index (χ2v) is 4.14. The van der Waals surface area contributed by atoms with E-state index in [1.54, 1.807) is 12.3 Å². The Labute approximate surface area is 97.2 Å². The summed E-state index contributed by atoms with van der Waals surface area (Å²) in [4.78, 5) is 3.98. The third-order valence-electron chi connectivity index (χ3n) is 1.60. The second-order valence-electron chi connectivity index (χ2n) is 3.70. The Kier molecular flexibility index (Phi) is 6.80. The van der Waals surface area contributed by atoms with Gasteiger partial charge in [0.2, 0.25) is 0 Å². The predicted octanol–water partition coefficient (Wildman–Crippen LogP) is 3.71. The molecule has 0 fully saturated rings. The summed E-state index contributed by atoms with van der Waals surface area (Å²) in [6.07, 6.45) is 4.25. The molecular formula is C12H19ClN2. The molecule has 0 aromatic carbocycles. The van der Waals surface area contributed by atoms with Crippen LogP contribution in [-0.2, 0) is 6.42 Å². The van der Waals surface area contributed by atoms with Crippen molar-refractivity contribution in [1.29, 1.82) is 0 Å². The molecule has 0 saturated heterocycles. The highest BCUT2D eigenvalue weighted by atomic mass is 35.5. The number of allylic oxidation sites excluding steroid dienone is 1. The van der Waals surface area contributed by atoms with Gasteiger partial charge >= 0.3 is 0 Å². The van der Waals surface area contributed by atoms with Crippen LogP contribution in [0.3, 0.4) is 0 Å². The van der Waals surface area contributed by atoms with Crippen molar-refractivity contribution in [2.75, 3.05) is 5.73 Å². The average Bonchev–Trinajstić information content (AvgIpc) is 2.12. The molecule has 0 aliphatic carbocycles. The first kappa shape index (κ1) is 14.0. The SMILES string of the molecule is C=CC.CC(C)Cc1cc(Cl)cnc1N. The standard InChI is InChI=1S/C9H13ClN2.C3H6/c1-6(2)3-7-4-8(10)5-12-9(7)11;1-3-2/h4-6H,3H2,1-2H3,(H2,11,12);3H,1H2,2H3. The van der Waals surface area contributed by atoms with Crippen molar-refractivity contribution in [3.05, 3.63) is 35.5 Å². The lowest BCUT2D eigenvalue weighted by Gasteiger charge is -2.07. The van der Waals surface area contributed by atoms with Crippen LogP contribution in [0.25, 0.3) is 0 Å². The van der Waals surface area contributed by atoms with E-state index in [0.717, 1.165) is 12.0 Å². The summed E-state index contributed by atoms with van der Waals surface area (Å²) in [5.41, 5.74) is 6.71. The van der Waals surface area contributed by atoms with E-state index in [-0.39, 0.29) is 0 Å². The zero-order valence-electron chi connectivity index (χ0n) is 9.63. The lowest BCUT2D eigenvalue weighted by Crippen LogP contribution is -2.01. The first-order valence-corrected chi connectivity index (χ1v) is 5.36. The topological polar surface area (TPSA) is 38.9 Å². The van der Waals surface area contributed by atoms with Gasteiger partial charge in [-0.2, -0.15) is 0 Å². The van der Waals surface area contributed by atoms with Crippen molar-refractivity contribution in [3.63, 3.8) is 0 Å². The van der Waals surface area contributed by atoms with Crippen LogP contribution in [0.4, 0.5) is 5.82 Å². The van der Waals surface area contributed by atoms with Crippen LogP contribution >= 0.6 is 11.6 Å². The molecule has 0 bridgehead atoms. The Morgan fingerprint density at radius 3 is 2.60 bits per heavy atom. The molecule has 1 aromatic rings. The fraction of sp³-hybridized carbons (Fsp3) is 0.417. The number of nitrogen functional groups attached to an aromatic ring is 1. The summed E-state index contributed by atoms with van der Waals surface area (Å²) in [6, 6.07) is 1.88. The minimum Gasteiger partial charge on any atom is -0.383 e. The number of anilines is 1. The number of hydrogen-bond acceptors (Lipinski definition) is 2. The van der Waals surface area contributed by atoms with Gasteiger partial charge in [-0.1, -0.05) is 31.5 Å². The highest BCUT2D eigenvalue weighted by molar-refractivity contribution is 6.30. The molecule has 0 spiro atoms. The van der Waals surface area contributed by atoms with Gasteiger partial charge in [0, 0.05) is 6.20 Å². The predicted molar refractivity (Wildman–Crippen MR) is 68.1 cm³/mol. The number of aromatic nitrogens is 1. The second kappa shape index (κ2) is 7.30. The van der Waals surface area contributed by atoms with E-state index in [0.29, 0.717) is 16.8 Å². The fourth-order valence-corrected chi connectivity index (χ4v) is 1.28. The molecule has 1 heterocycles. The highest BCUT2D eigenvalue weighted by Crippen LogP contribution is 2.17. The van der Waals surface area contributed by atoms with Crippen molar-refractivity contribution in [1.82, 2.24) is 4.98 Å². The van der Waals surface area contributed by atoms with Crippen LogP contribution in [0.5, 0.6) is 0 Å². The monoisotopic (exact) mass is 226 g/mol. The Bertz CT molecular complexity index is 308. The summed E-state index contributed by atoms with van der Waals surface area (Å²) < 4.78 is 0. The Hall–Kier alpha value is -1.02. The number of hydrogen-bond donors (Lipinski definition) is 1. The number of rotatable bonds is 2. The first-order chi connectivity index (χ1) is 7.01. The lowest BCUT2D eigenvalue weighted by molar-refractivity contribution is 0.647. The van der Waals surface area contributed by atoms with Crippen LogP contribution < -0.4 is 5.73 Å². The van der Waals surface area contributed by atoms with E-state index in [2.05, 4.69) is 25.4 Å². The van der Waals surface area contributed by atoms with Crippen molar-refractivity contribution in [3.8, 4) is 0 Å². The summed E-state index contributed by atoms with van der Waals surface area (Å²) in [7, 11) is 0. The summed E-state index contributed by atoms with van der Waals surface area (Å²) in [6.45, 7) is 9.53. The smallest absolute Gasteiger partial charge is 0.126 e. The molecular weight excluding hydrogens is 208 g/mol. The summed E-state index contributed by atoms with van der Waals surface area (Å²) in [5.74, 6) is 1.17. The third kappa shape index (κ3) is 6.13. The molecule has 0 aliphatic rings. The van der Waals surface area contributed by atoms with Crippen molar-refractivity contribution in [2.24, 2.45) is 5.92 Å². The van der Waals surface area contributed by atoms with Gasteiger partial charge in [0.05, 0.1) is 5.02 Å². The Morgan fingerprint density at radius 1 is 1.60 bits per heavy atom. The van der Waals surface area contributed by atoms with Crippen LogP contribution in [0.1, 0.15) is 26.3 Å². The molecule has 84 valence electrons. The van der Waals surface area contributed by atoms with Gasteiger partial charge in [-0.25, -0.2) is 4.98 Å². The maximum atomic E-state index is 5.78. The molecule has 0 radical (unpaired) electrons. The molecule has 2 nitrogen and oxygen atoms in total. The third-order valence-corrected chi connectivity index (χ3v) is 1.80. The lowest BCUT2D eigenvalue weighted by atomic mass is 10.0. The van der Waals surface area contributed by atoms with Gasteiger partial charge in [0.25, 0.3) is 0 Å². The van der Waals surface area contributed by atoms with Crippen molar-refractivity contribution in [2.45, 2.75) is 27.2 Å². The van der Waals surface area contributed by atoms with E-state index in [1.807, 2.05) is 13.0 Å². The van der Waals surface area contributed by atoms with E-state index < -0.39 is 0 Å². The van der Waals surface area contributed by atoms with Crippen molar-refractivity contribution < 1.29 is 0 Å². The Balaban J connectivity index is 0.000000583. The zero-order chi connectivity index (χ0) is 11.8. The fourth-order valence-electron chi connectivity index (χ4n) is 1.10. The van der Waals surface area contributed by atoms with Gasteiger partial charge in [0.15, 0.2) is 0 Å². The molecule has 2 N–H and O–H groups in total. The maximum absolute atomic E-state index is 5.78. The van der Waals surface area contributed by atoms with Crippen LogP contribution in [0.15, 0.2) is 24.9 Å². The van der Waals surface area contributed by atoms with Crippen LogP contribution in [0.2, 0.25) is 5.02 Å². The maximum Gasteiger partial charge on any atom is 0.126 e. The van der Waals surface area contributed by atoms with E-state index >= 15 is 0 Å². The largest absolute Gasteiger partial charge is 0.383 e. The molecule has 0 saturated carbocycles. The molecule has 0 atom stereocenters. The molecule has 0 aliphatic heterocycles. The first-order valence-electron chi connectivity index (χ1n) is 4.98. The Morgan fingerprint density at radius 2 is 2.13 bits per heavy atom. The van der Waals surface area contributed by atoms with Crippen molar-refractivity contribution >= 4 is 17.4 Å². The normalized spacial score (nSPS) is 9.40. The average molecular weight is 227 g/mol. The molecule has 3 heteroatoms. The summed E-state index contributed by atoms with van der Waals surface area (Å²) >= 11 is 5.78. The van der Waals surface area contributed by atoms with E-state index in [4.69, 9.17) is 17.3 Å². The minimum atomic E-state index is 0.576. The molecule has 15 heavy (non-hydrogen) atoms. The molecule has 0 unspecified atom stereocenters. The molecule has 0 amide bonds. The number of nitrogens with zero attached hydrogens (tertiary/aromatic N) is 1. The molecule has 1 rings (SSSR count). The van der Waals surface area contributed by atoms with Crippen LogP contribution in [0, 0.1) is 5.92 Å². The van der Waals surface area contributed by atoms with Gasteiger partial charge in [0.1, 0.15) is 5.82 Å². The number of halogens is 1. The van der Waals surface area contributed by atoms with E-state index in [1.165, 1.54) is 0 Å². The minimum absolute atomic E-state index is 0.576. The number of pyridine rings is 1. The van der Waals surface area contributed by atoms with Gasteiger partial charge < -0.3 is 5.73 Å². The van der Waals surface area contributed by atoms with Crippen LogP contribution in [-0.4, -0.2) is 4.98 Å². The van der Waals surface area contributed by atoms with E-state index in [9.17, 15) is 0 Å². The van der Waals surface area contributed by atoms with Gasteiger partial charge in [-0.05, 0) is 30.9 Å². The van der Waals surface area contributed by atoms with Gasteiger partial charge in [-0.15, -0.1) is 6.58 Å². The zero-order valence-corrected chi connectivity index (χ0v) is 10.4. The highest BCUT2D eigenvalue weighted by Gasteiger charge is 2.03.